The third kappa shape index (κ3) is 4.63. The lowest BCUT2D eigenvalue weighted by molar-refractivity contribution is 0.302. The van der Waals surface area contributed by atoms with Gasteiger partial charge in [0.2, 0.25) is 0 Å². The molecule has 0 aliphatic heterocycles. The second-order valence-corrected chi connectivity index (χ2v) is 4.02. The van der Waals surface area contributed by atoms with E-state index in [0.717, 1.165) is 31.7 Å². The Morgan fingerprint density at radius 2 is 1.88 bits per heavy atom. The third-order valence-electron chi connectivity index (χ3n) is 2.88. The summed E-state index contributed by atoms with van der Waals surface area (Å²) in [6.45, 7) is 8.93. The summed E-state index contributed by atoms with van der Waals surface area (Å²) in [6.07, 6.45) is 0. The Morgan fingerprint density at radius 1 is 1.18 bits per heavy atom. The Bertz CT molecular complexity index is 338. The molecule has 0 heterocycles. The van der Waals surface area contributed by atoms with Gasteiger partial charge in [0, 0.05) is 31.3 Å². The van der Waals surface area contributed by atoms with Crippen molar-refractivity contribution in [2.24, 2.45) is 0 Å². The highest BCUT2D eigenvalue weighted by Crippen LogP contribution is 2.21. The fraction of sp³-hybridized carbons (Fsp3) is 0.538. The summed E-state index contributed by atoms with van der Waals surface area (Å²) in [5.74, 6) is 0.231. The molecule has 0 aliphatic carbocycles. The zero-order chi connectivity index (χ0) is 12.7. The van der Waals surface area contributed by atoms with Gasteiger partial charge >= 0.3 is 0 Å². The summed E-state index contributed by atoms with van der Waals surface area (Å²) < 4.78 is 0. The summed E-state index contributed by atoms with van der Waals surface area (Å²) >= 11 is 0. The van der Waals surface area contributed by atoms with E-state index in [2.05, 4.69) is 24.1 Å². The minimum Gasteiger partial charge on any atom is -0.508 e. The molecule has 0 unspecified atom stereocenters. The van der Waals surface area contributed by atoms with E-state index >= 15 is 0 Å². The quantitative estimate of drug-likeness (QED) is 0.631. The Labute approximate surface area is 103 Å². The van der Waals surface area contributed by atoms with Crippen LogP contribution < -0.4 is 5.32 Å². The SMILES string of the molecule is CCN(CC)CCNCc1ccc(O)cc1O. The highest BCUT2D eigenvalue weighted by Gasteiger charge is 2.02. The number of phenols is 2. The maximum absolute atomic E-state index is 9.58. The predicted molar refractivity (Wildman–Crippen MR) is 69.3 cm³/mol. The number of nitrogens with zero attached hydrogens (tertiary/aromatic N) is 1. The zero-order valence-corrected chi connectivity index (χ0v) is 10.6. The molecule has 0 fully saturated rings. The standard InChI is InChI=1S/C13H22N2O2/c1-3-15(4-2)8-7-14-10-11-5-6-12(16)9-13(11)17/h5-6,9,14,16-17H,3-4,7-8,10H2,1-2H3. The second-order valence-electron chi connectivity index (χ2n) is 4.02. The molecule has 0 radical (unpaired) electrons. The smallest absolute Gasteiger partial charge is 0.123 e. The first kappa shape index (κ1) is 13.8. The van der Waals surface area contributed by atoms with Crippen LogP contribution in [0.15, 0.2) is 18.2 Å². The van der Waals surface area contributed by atoms with Crippen LogP contribution in [0.25, 0.3) is 0 Å². The Balaban J connectivity index is 2.31. The molecule has 0 bridgehead atoms. The summed E-state index contributed by atoms with van der Waals surface area (Å²) in [5, 5.41) is 22.0. The number of hydrogen-bond donors (Lipinski definition) is 3. The number of benzene rings is 1. The number of hydrogen-bond acceptors (Lipinski definition) is 4. The van der Waals surface area contributed by atoms with Crippen LogP contribution >= 0.6 is 0 Å². The van der Waals surface area contributed by atoms with Gasteiger partial charge in [-0.25, -0.2) is 0 Å². The summed E-state index contributed by atoms with van der Waals surface area (Å²) in [4.78, 5) is 2.34. The van der Waals surface area contributed by atoms with Gasteiger partial charge in [-0.1, -0.05) is 19.9 Å². The Morgan fingerprint density at radius 3 is 2.47 bits per heavy atom. The van der Waals surface area contributed by atoms with Crippen LogP contribution in [-0.2, 0) is 6.54 Å². The van der Waals surface area contributed by atoms with Crippen LogP contribution in [0.4, 0.5) is 0 Å². The fourth-order valence-electron chi connectivity index (χ4n) is 1.70. The van der Waals surface area contributed by atoms with Crippen molar-refractivity contribution in [3.63, 3.8) is 0 Å². The van der Waals surface area contributed by atoms with E-state index < -0.39 is 0 Å². The van der Waals surface area contributed by atoms with Crippen LogP contribution in [0.5, 0.6) is 11.5 Å². The number of nitrogens with one attached hydrogen (secondary N) is 1. The van der Waals surface area contributed by atoms with Gasteiger partial charge < -0.3 is 20.4 Å². The molecule has 0 saturated carbocycles. The van der Waals surface area contributed by atoms with Gasteiger partial charge in [0.15, 0.2) is 0 Å². The Kier molecular flexibility index (Phi) is 5.80. The average molecular weight is 238 g/mol. The van der Waals surface area contributed by atoms with E-state index in [0.29, 0.717) is 6.54 Å². The van der Waals surface area contributed by atoms with E-state index in [1.807, 2.05) is 0 Å². The van der Waals surface area contributed by atoms with Gasteiger partial charge in [0.1, 0.15) is 11.5 Å². The van der Waals surface area contributed by atoms with E-state index in [4.69, 9.17) is 5.11 Å². The Hall–Kier alpha value is -1.26. The fourth-order valence-corrected chi connectivity index (χ4v) is 1.70. The summed E-state index contributed by atoms with van der Waals surface area (Å²) in [5.41, 5.74) is 0.808. The van der Waals surface area contributed by atoms with Gasteiger partial charge in [-0.15, -0.1) is 0 Å². The van der Waals surface area contributed by atoms with Gasteiger partial charge in [-0.3, -0.25) is 0 Å². The molecule has 4 nitrogen and oxygen atoms in total. The van der Waals surface area contributed by atoms with E-state index in [9.17, 15) is 5.11 Å². The van der Waals surface area contributed by atoms with Crippen LogP contribution in [-0.4, -0.2) is 41.3 Å². The highest BCUT2D eigenvalue weighted by atomic mass is 16.3. The molecule has 1 aromatic rings. The van der Waals surface area contributed by atoms with Crippen molar-refractivity contribution in [2.75, 3.05) is 26.2 Å². The van der Waals surface area contributed by atoms with Crippen LogP contribution in [0.1, 0.15) is 19.4 Å². The number of aromatic hydroxyl groups is 2. The molecule has 0 atom stereocenters. The molecule has 17 heavy (non-hydrogen) atoms. The van der Waals surface area contributed by atoms with Crippen LogP contribution in [0, 0.1) is 0 Å². The molecule has 0 amide bonds. The van der Waals surface area contributed by atoms with E-state index in [1.54, 1.807) is 12.1 Å². The lowest BCUT2D eigenvalue weighted by Gasteiger charge is -2.18. The van der Waals surface area contributed by atoms with Crippen molar-refractivity contribution in [1.29, 1.82) is 0 Å². The van der Waals surface area contributed by atoms with Gasteiger partial charge in [-0.2, -0.15) is 0 Å². The third-order valence-corrected chi connectivity index (χ3v) is 2.88. The summed E-state index contributed by atoms with van der Waals surface area (Å²) in [7, 11) is 0. The lowest BCUT2D eigenvalue weighted by Crippen LogP contribution is -2.31. The van der Waals surface area contributed by atoms with E-state index in [-0.39, 0.29) is 11.5 Å². The molecule has 0 aliphatic rings. The zero-order valence-electron chi connectivity index (χ0n) is 10.6. The molecule has 3 N–H and O–H groups in total. The molecule has 0 spiro atoms. The lowest BCUT2D eigenvalue weighted by atomic mass is 10.2. The van der Waals surface area contributed by atoms with Gasteiger partial charge in [0.05, 0.1) is 0 Å². The van der Waals surface area contributed by atoms with Crippen molar-refractivity contribution in [3.05, 3.63) is 23.8 Å². The van der Waals surface area contributed by atoms with Gasteiger partial charge in [-0.05, 0) is 19.2 Å². The number of phenolic OH excluding ortho intramolecular Hbond substituents is 2. The maximum atomic E-state index is 9.58. The molecular formula is C13H22N2O2. The monoisotopic (exact) mass is 238 g/mol. The normalized spacial score (nSPS) is 11.0. The molecule has 0 aromatic heterocycles. The summed E-state index contributed by atoms with van der Waals surface area (Å²) in [6, 6.07) is 4.68. The predicted octanol–water partition coefficient (Wildman–Crippen LogP) is 1.53. The van der Waals surface area contributed by atoms with Gasteiger partial charge in [0.25, 0.3) is 0 Å². The minimum absolute atomic E-state index is 0.0920. The first-order chi connectivity index (χ1) is 8.17. The van der Waals surface area contributed by atoms with E-state index in [1.165, 1.54) is 6.07 Å². The molecule has 1 rings (SSSR count). The van der Waals surface area contributed by atoms with Crippen LogP contribution in [0.2, 0.25) is 0 Å². The van der Waals surface area contributed by atoms with Crippen molar-refractivity contribution < 1.29 is 10.2 Å². The van der Waals surface area contributed by atoms with Crippen molar-refractivity contribution in [3.8, 4) is 11.5 Å². The maximum Gasteiger partial charge on any atom is 0.123 e. The van der Waals surface area contributed by atoms with Crippen molar-refractivity contribution in [1.82, 2.24) is 10.2 Å². The number of rotatable bonds is 7. The second kappa shape index (κ2) is 7.14. The molecule has 1 aromatic carbocycles. The minimum atomic E-state index is 0.0920. The van der Waals surface area contributed by atoms with Crippen molar-refractivity contribution >= 4 is 0 Å². The topological polar surface area (TPSA) is 55.7 Å². The number of likely N-dealkylation sites (N-methyl/N-ethyl adjacent to an activating group) is 1. The highest BCUT2D eigenvalue weighted by molar-refractivity contribution is 5.38. The van der Waals surface area contributed by atoms with Crippen LogP contribution in [0.3, 0.4) is 0 Å². The largest absolute Gasteiger partial charge is 0.508 e. The molecule has 0 saturated heterocycles. The average Bonchev–Trinajstić information content (AvgIpc) is 2.32. The molecular weight excluding hydrogens is 216 g/mol. The van der Waals surface area contributed by atoms with Crippen molar-refractivity contribution in [2.45, 2.75) is 20.4 Å². The first-order valence-corrected chi connectivity index (χ1v) is 6.11. The molecule has 4 heteroatoms. The first-order valence-electron chi connectivity index (χ1n) is 6.11. The molecule has 96 valence electrons.